The van der Waals surface area contributed by atoms with E-state index in [1.54, 1.807) is 22.5 Å². The van der Waals surface area contributed by atoms with Crippen molar-refractivity contribution in [1.29, 1.82) is 0 Å². The zero-order valence-electron chi connectivity index (χ0n) is 16.5. The third-order valence-electron chi connectivity index (χ3n) is 4.86. The van der Waals surface area contributed by atoms with Crippen LogP contribution in [0.5, 0.6) is 5.75 Å². The first-order valence-electron chi connectivity index (χ1n) is 9.15. The Balaban J connectivity index is 2.00. The number of rotatable bonds is 4. The van der Waals surface area contributed by atoms with Gasteiger partial charge in [-0.2, -0.15) is 9.29 Å². The molecule has 0 radical (unpaired) electrons. The van der Waals surface area contributed by atoms with E-state index in [4.69, 9.17) is 9.26 Å². The highest BCUT2D eigenvalue weighted by Crippen LogP contribution is 2.33. The third-order valence-corrected chi connectivity index (χ3v) is 6.75. The zero-order valence-corrected chi connectivity index (χ0v) is 17.3. The summed E-state index contributed by atoms with van der Waals surface area (Å²) in [5.41, 5.74) is 0.204. The molecule has 1 aromatic heterocycles. The SMILES string of the molecule is COc1ccc(S(=O)(=O)N2CCC(C)CC2)cc1-c1noc(C(C)(C)C)n1. The highest BCUT2D eigenvalue weighted by atomic mass is 32.2. The molecule has 1 fully saturated rings. The van der Waals surface area contributed by atoms with Crippen LogP contribution in [-0.4, -0.2) is 43.1 Å². The summed E-state index contributed by atoms with van der Waals surface area (Å²) in [6, 6.07) is 4.78. The summed E-state index contributed by atoms with van der Waals surface area (Å²) in [5, 5.41) is 4.03. The molecule has 0 atom stereocenters. The van der Waals surface area contributed by atoms with Crippen molar-refractivity contribution in [3.8, 4) is 17.1 Å². The van der Waals surface area contributed by atoms with E-state index in [9.17, 15) is 8.42 Å². The lowest BCUT2D eigenvalue weighted by molar-refractivity contribution is 0.288. The molecule has 0 saturated carbocycles. The number of piperidine rings is 1. The Kier molecular flexibility index (Phi) is 5.31. The summed E-state index contributed by atoms with van der Waals surface area (Å²) < 4.78 is 38.4. The minimum atomic E-state index is -3.57. The Morgan fingerprint density at radius 3 is 2.44 bits per heavy atom. The van der Waals surface area contributed by atoms with Gasteiger partial charge in [-0.15, -0.1) is 0 Å². The molecule has 0 unspecified atom stereocenters. The second-order valence-corrected chi connectivity index (χ2v) is 10.1. The van der Waals surface area contributed by atoms with Crippen LogP contribution in [0.3, 0.4) is 0 Å². The van der Waals surface area contributed by atoms with Crippen molar-refractivity contribution in [2.45, 2.75) is 50.8 Å². The van der Waals surface area contributed by atoms with E-state index < -0.39 is 10.0 Å². The standard InChI is InChI=1S/C19H27N3O4S/c1-13-8-10-22(11-9-13)27(23,24)14-6-7-16(25-5)15(12-14)17-20-18(26-21-17)19(2,3)4/h6-7,12-13H,8-11H2,1-5H3. The molecule has 2 heterocycles. The normalized spacial score (nSPS) is 17.2. The van der Waals surface area contributed by atoms with Gasteiger partial charge in [-0.25, -0.2) is 8.42 Å². The molecule has 1 aliphatic rings. The van der Waals surface area contributed by atoms with Crippen LogP contribution in [-0.2, 0) is 15.4 Å². The monoisotopic (exact) mass is 393 g/mol. The highest BCUT2D eigenvalue weighted by Gasteiger charge is 2.30. The number of aromatic nitrogens is 2. The predicted octanol–water partition coefficient (Wildman–Crippen LogP) is 3.46. The molecule has 0 spiro atoms. The summed E-state index contributed by atoms with van der Waals surface area (Å²) in [4.78, 5) is 4.66. The fourth-order valence-corrected chi connectivity index (χ4v) is 4.53. The van der Waals surface area contributed by atoms with E-state index in [1.165, 1.54) is 7.11 Å². The number of benzene rings is 1. The molecular formula is C19H27N3O4S. The third kappa shape index (κ3) is 4.01. The minimum Gasteiger partial charge on any atom is -0.496 e. The average Bonchev–Trinajstić information content (AvgIpc) is 3.12. The van der Waals surface area contributed by atoms with E-state index in [-0.39, 0.29) is 10.3 Å². The van der Waals surface area contributed by atoms with Crippen LogP contribution in [0.25, 0.3) is 11.4 Å². The van der Waals surface area contributed by atoms with Crippen molar-refractivity contribution in [3.05, 3.63) is 24.1 Å². The van der Waals surface area contributed by atoms with Crippen LogP contribution in [0.1, 0.15) is 46.4 Å². The van der Waals surface area contributed by atoms with Crippen LogP contribution >= 0.6 is 0 Å². The van der Waals surface area contributed by atoms with Gasteiger partial charge < -0.3 is 9.26 Å². The summed E-state index contributed by atoms with van der Waals surface area (Å²) in [6.45, 7) is 9.15. The molecule has 1 saturated heterocycles. The maximum Gasteiger partial charge on any atom is 0.243 e. The maximum atomic E-state index is 13.1. The molecule has 2 aromatic rings. The molecule has 0 N–H and O–H groups in total. The number of hydrogen-bond acceptors (Lipinski definition) is 6. The van der Waals surface area contributed by atoms with Gasteiger partial charge in [0.25, 0.3) is 0 Å². The molecule has 1 aromatic carbocycles. The Bertz CT molecular complexity index is 907. The summed E-state index contributed by atoms with van der Waals surface area (Å²) >= 11 is 0. The van der Waals surface area contributed by atoms with Crippen molar-refractivity contribution in [2.24, 2.45) is 5.92 Å². The van der Waals surface area contributed by atoms with Gasteiger partial charge in [0.1, 0.15) is 5.75 Å². The van der Waals surface area contributed by atoms with E-state index >= 15 is 0 Å². The maximum absolute atomic E-state index is 13.1. The summed E-state index contributed by atoms with van der Waals surface area (Å²) in [7, 11) is -2.04. The second-order valence-electron chi connectivity index (χ2n) is 8.12. The summed E-state index contributed by atoms with van der Waals surface area (Å²) in [5.74, 6) is 1.86. The van der Waals surface area contributed by atoms with Gasteiger partial charge in [-0.1, -0.05) is 32.9 Å². The van der Waals surface area contributed by atoms with Crippen LogP contribution in [0.15, 0.2) is 27.6 Å². The molecule has 1 aliphatic heterocycles. The van der Waals surface area contributed by atoms with Crippen molar-refractivity contribution < 1.29 is 17.7 Å². The van der Waals surface area contributed by atoms with E-state index in [1.807, 2.05) is 20.8 Å². The quantitative estimate of drug-likeness (QED) is 0.791. The fourth-order valence-electron chi connectivity index (χ4n) is 3.03. The van der Waals surface area contributed by atoms with E-state index in [2.05, 4.69) is 17.1 Å². The van der Waals surface area contributed by atoms with Crippen LogP contribution in [0.4, 0.5) is 0 Å². The lowest BCUT2D eigenvalue weighted by atomic mass is 9.97. The molecule has 8 heteroatoms. The molecular weight excluding hydrogens is 366 g/mol. The lowest BCUT2D eigenvalue weighted by Gasteiger charge is -2.29. The first kappa shape index (κ1) is 19.8. The van der Waals surface area contributed by atoms with Gasteiger partial charge in [-0.05, 0) is 37.0 Å². The molecule has 3 rings (SSSR count). The topological polar surface area (TPSA) is 85.5 Å². The molecule has 7 nitrogen and oxygen atoms in total. The van der Waals surface area contributed by atoms with Gasteiger partial charge >= 0.3 is 0 Å². The Hall–Kier alpha value is -1.93. The van der Waals surface area contributed by atoms with Gasteiger partial charge in [0.05, 0.1) is 17.6 Å². The van der Waals surface area contributed by atoms with Crippen molar-refractivity contribution in [1.82, 2.24) is 14.4 Å². The minimum absolute atomic E-state index is 0.218. The molecule has 27 heavy (non-hydrogen) atoms. The molecule has 0 aliphatic carbocycles. The number of hydrogen-bond donors (Lipinski definition) is 0. The van der Waals surface area contributed by atoms with Gasteiger partial charge in [0.2, 0.25) is 21.7 Å². The predicted molar refractivity (Wildman–Crippen MR) is 102 cm³/mol. The number of sulfonamides is 1. The second kappa shape index (κ2) is 7.24. The van der Waals surface area contributed by atoms with Crippen LogP contribution < -0.4 is 4.74 Å². The fraction of sp³-hybridized carbons (Fsp3) is 0.579. The number of methoxy groups -OCH3 is 1. The van der Waals surface area contributed by atoms with Crippen molar-refractivity contribution in [2.75, 3.05) is 20.2 Å². The highest BCUT2D eigenvalue weighted by molar-refractivity contribution is 7.89. The van der Waals surface area contributed by atoms with Crippen molar-refractivity contribution in [3.63, 3.8) is 0 Å². The Labute approximate surface area is 160 Å². The first-order chi connectivity index (χ1) is 12.6. The van der Waals surface area contributed by atoms with Gasteiger partial charge in [0, 0.05) is 18.5 Å². The Morgan fingerprint density at radius 1 is 1.22 bits per heavy atom. The summed E-state index contributed by atoms with van der Waals surface area (Å²) in [6.07, 6.45) is 1.75. The zero-order chi connectivity index (χ0) is 19.8. The first-order valence-corrected chi connectivity index (χ1v) is 10.6. The lowest BCUT2D eigenvalue weighted by Crippen LogP contribution is -2.37. The van der Waals surface area contributed by atoms with Crippen molar-refractivity contribution >= 4 is 10.0 Å². The largest absolute Gasteiger partial charge is 0.496 e. The molecule has 148 valence electrons. The van der Waals surface area contributed by atoms with Gasteiger partial charge in [0.15, 0.2) is 0 Å². The van der Waals surface area contributed by atoms with Crippen LogP contribution in [0.2, 0.25) is 0 Å². The Morgan fingerprint density at radius 2 is 1.89 bits per heavy atom. The van der Waals surface area contributed by atoms with E-state index in [0.717, 1.165) is 12.8 Å². The average molecular weight is 394 g/mol. The van der Waals surface area contributed by atoms with Gasteiger partial charge in [-0.3, -0.25) is 0 Å². The number of nitrogens with zero attached hydrogens (tertiary/aromatic N) is 3. The van der Waals surface area contributed by atoms with E-state index in [0.29, 0.717) is 42.0 Å². The van der Waals surface area contributed by atoms with Crippen LogP contribution in [0, 0.1) is 5.92 Å². The smallest absolute Gasteiger partial charge is 0.243 e. The number of ether oxygens (including phenoxy) is 1. The molecule has 0 amide bonds. The molecule has 0 bridgehead atoms.